The third kappa shape index (κ3) is 57.6. The van der Waals surface area contributed by atoms with Crippen LogP contribution in [0.15, 0.2) is 0 Å². The third-order valence-corrected chi connectivity index (χ3v) is 17.0. The number of rotatable bonds is 64. The Labute approximate surface area is 505 Å². The smallest absolute Gasteiger partial charge is 0.462 e. The van der Waals surface area contributed by atoms with Gasteiger partial charge in [0.15, 0.2) is 12.2 Å². The second-order valence-corrected chi connectivity index (χ2v) is 26.3. The highest BCUT2D eigenvalue weighted by atomic mass is 31.2. The van der Waals surface area contributed by atoms with Crippen LogP contribution >= 0.6 is 15.6 Å². The van der Waals surface area contributed by atoms with Gasteiger partial charge in [-0.1, -0.05) is 272 Å². The zero-order valence-electron chi connectivity index (χ0n) is 53.3. The Morgan fingerprint density at radius 2 is 0.578 bits per heavy atom. The zero-order chi connectivity index (χ0) is 61.3. The van der Waals surface area contributed by atoms with Gasteiger partial charge in [0.2, 0.25) is 0 Å². The fraction of sp³-hybridized carbons (Fsp3) is 0.938. The van der Waals surface area contributed by atoms with Gasteiger partial charge in [-0.15, -0.1) is 0 Å². The van der Waals surface area contributed by atoms with Crippen molar-refractivity contribution in [2.24, 2.45) is 5.92 Å². The van der Waals surface area contributed by atoms with E-state index in [1.165, 1.54) is 128 Å². The van der Waals surface area contributed by atoms with E-state index >= 15 is 0 Å². The normalized spacial score (nSPS) is 14.6. The number of ether oxygens (including phenoxy) is 4. The van der Waals surface area contributed by atoms with Crippen LogP contribution in [0.1, 0.15) is 324 Å². The Hall–Kier alpha value is -1.94. The summed E-state index contributed by atoms with van der Waals surface area (Å²) in [5.74, 6) is -1.34. The topological polar surface area (TPSA) is 237 Å². The summed E-state index contributed by atoms with van der Waals surface area (Å²) in [5, 5.41) is 10.5. The van der Waals surface area contributed by atoms with E-state index in [0.29, 0.717) is 25.7 Å². The molecule has 0 aromatic rings. The molecular weight excluding hydrogens is 1100 g/mol. The van der Waals surface area contributed by atoms with Gasteiger partial charge in [0.25, 0.3) is 0 Å². The molecule has 0 aromatic carbocycles. The maximum absolute atomic E-state index is 13.0. The molecule has 0 aromatic heterocycles. The lowest BCUT2D eigenvalue weighted by Gasteiger charge is -2.21. The first kappa shape index (κ1) is 81.1. The number of phosphoric acid groups is 2. The van der Waals surface area contributed by atoms with Crippen molar-refractivity contribution in [1.29, 1.82) is 0 Å². The van der Waals surface area contributed by atoms with Gasteiger partial charge < -0.3 is 33.8 Å². The van der Waals surface area contributed by atoms with Crippen LogP contribution in [0, 0.1) is 5.92 Å². The van der Waals surface area contributed by atoms with Crippen molar-refractivity contribution >= 4 is 39.5 Å². The molecule has 0 aliphatic heterocycles. The molecule has 0 radical (unpaired) electrons. The molecule has 3 unspecified atom stereocenters. The third-order valence-electron chi connectivity index (χ3n) is 15.1. The minimum atomic E-state index is -4.94. The summed E-state index contributed by atoms with van der Waals surface area (Å²) in [6.07, 6.45) is 42.2. The molecule has 0 aliphatic rings. The molecule has 0 bridgehead atoms. The Morgan fingerprint density at radius 1 is 0.337 bits per heavy atom. The number of hydrogen-bond acceptors (Lipinski definition) is 15. The predicted molar refractivity (Wildman–Crippen MR) is 331 cm³/mol. The number of phosphoric ester groups is 2. The van der Waals surface area contributed by atoms with Crippen LogP contribution in [0.3, 0.4) is 0 Å². The van der Waals surface area contributed by atoms with Gasteiger partial charge in [0.05, 0.1) is 26.4 Å². The predicted octanol–water partition coefficient (Wildman–Crippen LogP) is 17.8. The summed E-state index contributed by atoms with van der Waals surface area (Å²) in [6.45, 7) is 7.10. The van der Waals surface area contributed by atoms with Gasteiger partial charge >= 0.3 is 39.5 Å². The second-order valence-electron chi connectivity index (χ2n) is 23.4. The molecule has 0 rings (SSSR count). The van der Waals surface area contributed by atoms with E-state index in [4.69, 9.17) is 37.0 Å². The van der Waals surface area contributed by atoms with Crippen molar-refractivity contribution in [3.05, 3.63) is 0 Å². The van der Waals surface area contributed by atoms with Gasteiger partial charge in [-0.05, 0) is 31.6 Å². The molecule has 0 saturated carbocycles. The maximum atomic E-state index is 13.0. The van der Waals surface area contributed by atoms with Crippen molar-refractivity contribution < 1.29 is 80.2 Å². The van der Waals surface area contributed by atoms with E-state index in [1.807, 2.05) is 0 Å². The van der Waals surface area contributed by atoms with Crippen molar-refractivity contribution in [2.45, 2.75) is 342 Å². The molecule has 492 valence electrons. The SMILES string of the molecule is CCCCCCCCCCCCCCCCCCCC(=O)O[C@H](COC(=O)CCCCCCCCCCCCC(C)CC)COP(=O)(O)OC[C@@H](O)COP(=O)(O)OC[C@@H](COC(=O)CCCCCCC)OC(=O)CCCCCCCCC. The average Bonchev–Trinajstić information content (AvgIpc) is 3.49. The number of carbonyl (C=O) groups excluding carboxylic acids is 4. The number of unbranched alkanes of at least 4 members (excludes halogenated alkanes) is 35. The Kier molecular flexibility index (Phi) is 56.4. The highest BCUT2D eigenvalue weighted by Gasteiger charge is 2.30. The number of hydrogen-bond donors (Lipinski definition) is 3. The van der Waals surface area contributed by atoms with Gasteiger partial charge in [-0.25, -0.2) is 9.13 Å². The fourth-order valence-electron chi connectivity index (χ4n) is 9.55. The zero-order valence-corrected chi connectivity index (χ0v) is 55.1. The highest BCUT2D eigenvalue weighted by Crippen LogP contribution is 2.45. The first-order valence-electron chi connectivity index (χ1n) is 33.7. The lowest BCUT2D eigenvalue weighted by molar-refractivity contribution is -0.161. The van der Waals surface area contributed by atoms with Crippen molar-refractivity contribution in [3.8, 4) is 0 Å². The van der Waals surface area contributed by atoms with E-state index in [9.17, 15) is 43.2 Å². The monoisotopic (exact) mass is 1230 g/mol. The minimum Gasteiger partial charge on any atom is -0.462 e. The largest absolute Gasteiger partial charge is 0.472 e. The van der Waals surface area contributed by atoms with Crippen molar-refractivity contribution in [2.75, 3.05) is 39.6 Å². The van der Waals surface area contributed by atoms with Crippen molar-refractivity contribution in [1.82, 2.24) is 0 Å². The lowest BCUT2D eigenvalue weighted by Crippen LogP contribution is -2.30. The molecular formula is C64H124O17P2. The van der Waals surface area contributed by atoms with Crippen molar-refractivity contribution in [3.63, 3.8) is 0 Å². The summed E-state index contributed by atoms with van der Waals surface area (Å²) < 4.78 is 67.7. The van der Waals surface area contributed by atoms with E-state index in [2.05, 4.69) is 34.6 Å². The Morgan fingerprint density at radius 3 is 0.855 bits per heavy atom. The number of carbonyl (C=O) groups is 4. The molecule has 0 saturated heterocycles. The summed E-state index contributed by atoms with van der Waals surface area (Å²) in [6, 6.07) is 0. The Balaban J connectivity index is 5.14. The standard InChI is InChI=1S/C64H124O17P2/c1-6-10-13-16-18-19-20-21-22-23-24-25-26-31-35-40-45-50-64(69)81-60(54-75-62(67)48-43-38-34-30-28-27-29-33-37-41-46-57(5)9-4)56-79-83(72,73)77-52-58(65)51-76-82(70,71)78-55-59(53-74-61(66)47-42-36-15-12-8-3)80-63(68)49-44-39-32-17-14-11-7-2/h57-60,65H,6-56H2,1-5H3,(H,70,71)(H,72,73)/t57?,58-,59+,60+/m0/s1. The fourth-order valence-corrected chi connectivity index (χ4v) is 11.1. The first-order valence-corrected chi connectivity index (χ1v) is 36.7. The van der Waals surface area contributed by atoms with Crippen LogP contribution in [0.2, 0.25) is 0 Å². The molecule has 3 N–H and O–H groups in total. The number of aliphatic hydroxyl groups is 1. The number of esters is 4. The van der Waals surface area contributed by atoms with Gasteiger partial charge in [-0.3, -0.25) is 37.3 Å². The van der Waals surface area contributed by atoms with E-state index in [0.717, 1.165) is 115 Å². The van der Waals surface area contributed by atoms with Crippen LogP contribution in [-0.4, -0.2) is 96.7 Å². The quantitative estimate of drug-likeness (QED) is 0.0222. The summed E-state index contributed by atoms with van der Waals surface area (Å²) >= 11 is 0. The minimum absolute atomic E-state index is 0.103. The van der Waals surface area contributed by atoms with Gasteiger partial charge in [0.1, 0.15) is 19.3 Å². The van der Waals surface area contributed by atoms with Gasteiger partial charge in [-0.2, -0.15) is 0 Å². The summed E-state index contributed by atoms with van der Waals surface area (Å²) in [4.78, 5) is 71.8. The maximum Gasteiger partial charge on any atom is 0.472 e. The molecule has 19 heteroatoms. The van der Waals surface area contributed by atoms with Crippen LogP contribution in [0.25, 0.3) is 0 Å². The van der Waals surface area contributed by atoms with E-state index in [-0.39, 0.29) is 25.7 Å². The lowest BCUT2D eigenvalue weighted by atomic mass is 9.99. The van der Waals surface area contributed by atoms with E-state index in [1.54, 1.807) is 0 Å². The molecule has 0 spiro atoms. The van der Waals surface area contributed by atoms with E-state index < -0.39 is 97.5 Å². The molecule has 0 fully saturated rings. The molecule has 0 aliphatic carbocycles. The van der Waals surface area contributed by atoms with Gasteiger partial charge in [0, 0.05) is 25.7 Å². The number of aliphatic hydroxyl groups excluding tert-OH is 1. The van der Waals surface area contributed by atoms with Crippen LogP contribution in [0.4, 0.5) is 0 Å². The average molecular weight is 1230 g/mol. The summed E-state index contributed by atoms with van der Waals surface area (Å²) in [5.41, 5.74) is 0. The second kappa shape index (κ2) is 57.8. The Bertz CT molecular complexity index is 1620. The molecule has 83 heavy (non-hydrogen) atoms. The highest BCUT2D eigenvalue weighted by molar-refractivity contribution is 7.47. The molecule has 17 nitrogen and oxygen atoms in total. The van der Waals surface area contributed by atoms with Crippen LogP contribution < -0.4 is 0 Å². The first-order chi connectivity index (χ1) is 40.1. The summed E-state index contributed by atoms with van der Waals surface area (Å²) in [7, 11) is -9.87. The molecule has 6 atom stereocenters. The van der Waals surface area contributed by atoms with Crippen LogP contribution in [0.5, 0.6) is 0 Å². The molecule has 0 amide bonds. The molecule has 0 heterocycles. The van der Waals surface area contributed by atoms with Crippen LogP contribution in [-0.2, 0) is 65.4 Å².